The molecule has 4 rings (SSSR count). The highest BCUT2D eigenvalue weighted by Gasteiger charge is 2.28. The Labute approximate surface area is 212 Å². The van der Waals surface area contributed by atoms with Crippen molar-refractivity contribution in [3.8, 4) is 11.1 Å². The van der Waals surface area contributed by atoms with E-state index < -0.39 is 0 Å². The number of fused-ring (bicyclic) bond motifs is 1. The molecule has 36 heavy (non-hydrogen) atoms. The molecule has 0 aliphatic carbocycles. The summed E-state index contributed by atoms with van der Waals surface area (Å²) in [5.41, 5.74) is 6.62. The number of aliphatic hydroxyl groups is 1. The zero-order valence-corrected chi connectivity index (χ0v) is 21.1. The van der Waals surface area contributed by atoms with Crippen LogP contribution in [0.15, 0.2) is 48.5 Å². The maximum absolute atomic E-state index is 13.4. The smallest absolute Gasteiger partial charge is 0.256 e. The molecular weight excluding hydrogens is 452 g/mol. The Hall–Kier alpha value is -3.68. The highest BCUT2D eigenvalue weighted by Crippen LogP contribution is 2.38. The van der Waals surface area contributed by atoms with Crippen molar-refractivity contribution in [2.24, 2.45) is 0 Å². The number of rotatable bonds is 10. The van der Waals surface area contributed by atoms with Gasteiger partial charge >= 0.3 is 0 Å². The summed E-state index contributed by atoms with van der Waals surface area (Å²) in [5.74, 6) is -0.344. The summed E-state index contributed by atoms with van der Waals surface area (Å²) in [4.78, 5) is 32.0. The lowest BCUT2D eigenvalue weighted by Crippen LogP contribution is -2.35. The van der Waals surface area contributed by atoms with Crippen molar-refractivity contribution in [3.05, 3.63) is 76.6 Å². The molecule has 1 aliphatic rings. The number of carbonyl (C=O) groups excluding carboxylic acids is 2. The fourth-order valence-corrected chi connectivity index (χ4v) is 4.84. The van der Waals surface area contributed by atoms with E-state index in [1.165, 1.54) is 0 Å². The van der Waals surface area contributed by atoms with Crippen LogP contribution < -0.4 is 10.6 Å². The molecule has 0 bridgehead atoms. The molecule has 2 aromatic carbocycles. The lowest BCUT2D eigenvalue weighted by atomic mass is 9.95. The number of hydrogen-bond donors (Lipinski definition) is 4. The van der Waals surface area contributed by atoms with E-state index in [4.69, 9.17) is 0 Å². The van der Waals surface area contributed by atoms with E-state index in [1.54, 1.807) is 0 Å². The van der Waals surface area contributed by atoms with Gasteiger partial charge in [0.2, 0.25) is 0 Å². The summed E-state index contributed by atoms with van der Waals surface area (Å²) < 4.78 is 0. The van der Waals surface area contributed by atoms with Gasteiger partial charge in [-0.1, -0.05) is 56.3 Å². The molecule has 3 aromatic rings. The van der Waals surface area contributed by atoms with Crippen LogP contribution in [0.2, 0.25) is 0 Å². The number of H-pyrrole nitrogens is 1. The minimum absolute atomic E-state index is 0.00733. The van der Waals surface area contributed by atoms with E-state index in [0.717, 1.165) is 53.3 Å². The zero-order valence-electron chi connectivity index (χ0n) is 21.1. The zero-order chi connectivity index (χ0) is 25.7. The molecular formula is C29H34N4O3. The van der Waals surface area contributed by atoms with Crippen molar-refractivity contribution in [2.45, 2.75) is 27.2 Å². The molecule has 1 aromatic heterocycles. The van der Waals surface area contributed by atoms with Crippen LogP contribution in [0.5, 0.6) is 0 Å². The van der Waals surface area contributed by atoms with Gasteiger partial charge in [0, 0.05) is 47.9 Å². The third-order valence-corrected chi connectivity index (χ3v) is 6.70. The molecule has 2 heterocycles. The van der Waals surface area contributed by atoms with Crippen LogP contribution in [0.25, 0.3) is 22.8 Å². The highest BCUT2D eigenvalue weighted by atomic mass is 16.3. The quantitative estimate of drug-likeness (QED) is 0.325. The van der Waals surface area contributed by atoms with Gasteiger partial charge in [0.15, 0.2) is 0 Å². The Morgan fingerprint density at radius 1 is 1.06 bits per heavy atom. The largest absolute Gasteiger partial charge is 0.396 e. The van der Waals surface area contributed by atoms with Crippen LogP contribution in [-0.2, 0) is 11.2 Å². The van der Waals surface area contributed by atoms with Crippen LogP contribution in [0, 0.1) is 6.92 Å². The average Bonchev–Trinajstić information content (AvgIpc) is 3.38. The lowest BCUT2D eigenvalue weighted by molar-refractivity contribution is -0.110. The van der Waals surface area contributed by atoms with Gasteiger partial charge in [-0.05, 0) is 49.7 Å². The van der Waals surface area contributed by atoms with E-state index in [1.807, 2.05) is 61.5 Å². The second-order valence-corrected chi connectivity index (χ2v) is 8.89. The van der Waals surface area contributed by atoms with Gasteiger partial charge in [-0.2, -0.15) is 0 Å². The van der Waals surface area contributed by atoms with E-state index in [2.05, 4.69) is 34.4 Å². The van der Waals surface area contributed by atoms with Gasteiger partial charge in [-0.15, -0.1) is 0 Å². The number of nitrogens with one attached hydrogen (secondary N) is 3. The first-order valence-corrected chi connectivity index (χ1v) is 12.5. The number of hydrogen-bond acceptors (Lipinski definition) is 4. The standard InChI is InChI=1S/C29H34N4O3/c1-4-33(5-2)16-15-30-29(36)25-19(3)31-24(27(25)20-10-7-6-8-11-20)18-22-26-21(14-17-34)12-9-13-23(26)32-28(22)35/h6-13,18,31,34H,4-5,14-17H2,1-3H3,(H,30,36)(H,32,35). The number of aromatic nitrogens is 1. The van der Waals surface area contributed by atoms with Crippen molar-refractivity contribution in [1.29, 1.82) is 0 Å². The molecule has 1 aliphatic heterocycles. The number of benzene rings is 2. The van der Waals surface area contributed by atoms with Crippen LogP contribution in [0.3, 0.4) is 0 Å². The molecule has 0 fully saturated rings. The molecule has 4 N–H and O–H groups in total. The minimum atomic E-state index is -0.202. The molecule has 188 valence electrons. The van der Waals surface area contributed by atoms with Crippen molar-refractivity contribution in [2.75, 3.05) is 38.1 Å². The molecule has 2 amide bonds. The minimum Gasteiger partial charge on any atom is -0.396 e. The average molecular weight is 487 g/mol. The van der Waals surface area contributed by atoms with E-state index >= 15 is 0 Å². The molecule has 7 nitrogen and oxygen atoms in total. The number of nitrogens with zero attached hydrogens (tertiary/aromatic N) is 1. The predicted molar refractivity (Wildman–Crippen MR) is 145 cm³/mol. The Morgan fingerprint density at radius 2 is 1.81 bits per heavy atom. The molecule has 0 saturated carbocycles. The number of aliphatic hydroxyl groups excluding tert-OH is 1. The maximum Gasteiger partial charge on any atom is 0.256 e. The molecule has 0 atom stereocenters. The first kappa shape index (κ1) is 25.4. The first-order valence-electron chi connectivity index (χ1n) is 12.5. The number of aromatic amines is 1. The first-order chi connectivity index (χ1) is 17.5. The van der Waals surface area contributed by atoms with Gasteiger partial charge in [-0.3, -0.25) is 9.59 Å². The van der Waals surface area contributed by atoms with E-state index in [9.17, 15) is 14.7 Å². The SMILES string of the molecule is CCN(CC)CCNC(=O)c1c(C)[nH]c(C=C2C(=O)Nc3cccc(CCO)c32)c1-c1ccccc1. The van der Waals surface area contributed by atoms with Crippen molar-refractivity contribution in [3.63, 3.8) is 0 Å². The molecule has 7 heteroatoms. The molecule has 0 saturated heterocycles. The summed E-state index contributed by atoms with van der Waals surface area (Å²) in [6.45, 7) is 9.30. The fourth-order valence-electron chi connectivity index (χ4n) is 4.84. The maximum atomic E-state index is 13.4. The van der Waals surface area contributed by atoms with Crippen molar-refractivity contribution < 1.29 is 14.7 Å². The van der Waals surface area contributed by atoms with Crippen LogP contribution in [0.4, 0.5) is 5.69 Å². The van der Waals surface area contributed by atoms with Gasteiger partial charge < -0.3 is 25.6 Å². The van der Waals surface area contributed by atoms with Gasteiger partial charge in [0.1, 0.15) is 0 Å². The Kier molecular flexibility index (Phi) is 8.03. The second-order valence-electron chi connectivity index (χ2n) is 8.89. The van der Waals surface area contributed by atoms with Gasteiger partial charge in [0.25, 0.3) is 11.8 Å². The normalized spacial score (nSPS) is 13.8. The number of anilines is 1. The summed E-state index contributed by atoms with van der Waals surface area (Å²) in [7, 11) is 0. The van der Waals surface area contributed by atoms with E-state index in [-0.39, 0.29) is 18.4 Å². The summed E-state index contributed by atoms with van der Waals surface area (Å²) in [6.07, 6.45) is 2.27. The van der Waals surface area contributed by atoms with Gasteiger partial charge in [0.05, 0.1) is 11.1 Å². The number of likely N-dealkylation sites (N-methyl/N-ethyl adjacent to an activating group) is 1. The highest BCUT2D eigenvalue weighted by molar-refractivity contribution is 6.35. The summed E-state index contributed by atoms with van der Waals surface area (Å²) >= 11 is 0. The Bertz CT molecular complexity index is 1270. The van der Waals surface area contributed by atoms with E-state index in [0.29, 0.717) is 29.8 Å². The van der Waals surface area contributed by atoms with Crippen LogP contribution in [0.1, 0.15) is 46.7 Å². The molecule has 0 spiro atoms. The monoisotopic (exact) mass is 486 g/mol. The molecule has 0 radical (unpaired) electrons. The van der Waals surface area contributed by atoms with Crippen molar-refractivity contribution in [1.82, 2.24) is 15.2 Å². The Morgan fingerprint density at radius 3 is 2.50 bits per heavy atom. The summed E-state index contributed by atoms with van der Waals surface area (Å²) in [5, 5.41) is 15.6. The van der Waals surface area contributed by atoms with Crippen molar-refractivity contribution >= 4 is 29.2 Å². The summed E-state index contributed by atoms with van der Waals surface area (Å²) in [6, 6.07) is 15.4. The number of aryl methyl sites for hydroxylation is 1. The van der Waals surface area contributed by atoms with Crippen LogP contribution in [-0.4, -0.2) is 59.6 Å². The Balaban J connectivity index is 1.78. The number of amides is 2. The fraction of sp³-hybridized carbons (Fsp3) is 0.310. The lowest BCUT2D eigenvalue weighted by Gasteiger charge is -2.18. The third-order valence-electron chi connectivity index (χ3n) is 6.70. The third kappa shape index (κ3) is 5.12. The number of carbonyl (C=O) groups is 2. The predicted octanol–water partition coefficient (Wildman–Crippen LogP) is 4.09. The molecule has 0 unspecified atom stereocenters. The van der Waals surface area contributed by atoms with Crippen LogP contribution >= 0.6 is 0 Å². The topological polar surface area (TPSA) is 97.5 Å². The second kappa shape index (κ2) is 11.4. The van der Waals surface area contributed by atoms with Gasteiger partial charge in [-0.25, -0.2) is 0 Å².